The highest BCUT2D eigenvalue weighted by Crippen LogP contribution is 2.47. The number of nitrogens with one attached hydrogen (secondary N) is 1. The standard InChI is InChI=1S/C15H30N2O2/c1-13(2)9-11(14(3,4)19-13)12(17-16)10-15(18-5)7-6-8-15/h11-12,17H,6-10,16H2,1-5H3. The summed E-state index contributed by atoms with van der Waals surface area (Å²) in [5, 5.41) is 0. The molecule has 0 aromatic carbocycles. The number of rotatable bonds is 5. The minimum absolute atomic E-state index is 0.0415. The van der Waals surface area contributed by atoms with E-state index in [-0.39, 0.29) is 22.8 Å². The molecule has 1 aliphatic heterocycles. The third kappa shape index (κ3) is 2.97. The third-order valence-corrected chi connectivity index (χ3v) is 5.13. The van der Waals surface area contributed by atoms with Crippen LogP contribution >= 0.6 is 0 Å². The Morgan fingerprint density at radius 3 is 2.26 bits per heavy atom. The molecule has 1 heterocycles. The quantitative estimate of drug-likeness (QED) is 0.595. The van der Waals surface area contributed by atoms with E-state index < -0.39 is 0 Å². The van der Waals surface area contributed by atoms with Crippen LogP contribution in [0, 0.1) is 5.92 Å². The van der Waals surface area contributed by atoms with Gasteiger partial charge in [-0.25, -0.2) is 0 Å². The third-order valence-electron chi connectivity index (χ3n) is 5.13. The second kappa shape index (κ2) is 4.99. The normalized spacial score (nSPS) is 32.8. The molecular weight excluding hydrogens is 240 g/mol. The predicted octanol–water partition coefficient (Wildman–Crippen LogP) is 2.37. The molecule has 2 rings (SSSR count). The molecule has 4 heteroatoms. The SMILES string of the molecule is COC1(CC(NN)C2CC(C)(C)OC2(C)C)CCC1. The summed E-state index contributed by atoms with van der Waals surface area (Å²) in [6.45, 7) is 8.68. The fourth-order valence-electron chi connectivity index (χ4n) is 4.01. The lowest BCUT2D eigenvalue weighted by Gasteiger charge is -2.45. The van der Waals surface area contributed by atoms with E-state index in [0.717, 1.165) is 25.7 Å². The number of methoxy groups -OCH3 is 1. The van der Waals surface area contributed by atoms with E-state index in [1.165, 1.54) is 6.42 Å². The van der Waals surface area contributed by atoms with E-state index in [0.29, 0.717) is 5.92 Å². The van der Waals surface area contributed by atoms with Gasteiger partial charge in [-0.3, -0.25) is 11.3 Å². The van der Waals surface area contributed by atoms with Crippen LogP contribution in [-0.2, 0) is 9.47 Å². The molecule has 19 heavy (non-hydrogen) atoms. The zero-order valence-corrected chi connectivity index (χ0v) is 13.1. The molecule has 0 radical (unpaired) electrons. The van der Waals surface area contributed by atoms with Crippen LogP contribution in [0.2, 0.25) is 0 Å². The predicted molar refractivity (Wildman–Crippen MR) is 76.7 cm³/mol. The van der Waals surface area contributed by atoms with E-state index >= 15 is 0 Å². The summed E-state index contributed by atoms with van der Waals surface area (Å²) in [4.78, 5) is 0. The lowest BCUT2D eigenvalue weighted by molar-refractivity contribution is -0.101. The Hall–Kier alpha value is -0.160. The molecule has 0 bridgehead atoms. The van der Waals surface area contributed by atoms with Crippen LogP contribution in [0.5, 0.6) is 0 Å². The van der Waals surface area contributed by atoms with Gasteiger partial charge in [-0.2, -0.15) is 0 Å². The van der Waals surface area contributed by atoms with Crippen molar-refractivity contribution in [1.29, 1.82) is 0 Å². The first-order valence-corrected chi connectivity index (χ1v) is 7.45. The van der Waals surface area contributed by atoms with Gasteiger partial charge in [0, 0.05) is 19.1 Å². The second-order valence-electron chi connectivity index (χ2n) is 7.49. The fourth-order valence-corrected chi connectivity index (χ4v) is 4.01. The van der Waals surface area contributed by atoms with Crippen molar-refractivity contribution in [2.45, 2.75) is 82.6 Å². The van der Waals surface area contributed by atoms with Crippen LogP contribution in [0.3, 0.4) is 0 Å². The van der Waals surface area contributed by atoms with Crippen LogP contribution in [0.1, 0.15) is 59.8 Å². The molecule has 1 saturated heterocycles. The smallest absolute Gasteiger partial charge is 0.0694 e. The van der Waals surface area contributed by atoms with E-state index in [4.69, 9.17) is 15.3 Å². The van der Waals surface area contributed by atoms with Crippen LogP contribution in [0.15, 0.2) is 0 Å². The zero-order valence-electron chi connectivity index (χ0n) is 13.1. The Morgan fingerprint density at radius 1 is 1.32 bits per heavy atom. The minimum atomic E-state index is -0.140. The first kappa shape index (κ1) is 15.2. The van der Waals surface area contributed by atoms with E-state index in [2.05, 4.69) is 33.1 Å². The molecular formula is C15H30N2O2. The largest absolute Gasteiger partial charge is 0.378 e. The molecule has 4 nitrogen and oxygen atoms in total. The van der Waals surface area contributed by atoms with E-state index in [1.807, 2.05) is 7.11 Å². The molecule has 2 fully saturated rings. The van der Waals surface area contributed by atoms with Crippen LogP contribution in [-0.4, -0.2) is 30.0 Å². The molecule has 2 aliphatic rings. The van der Waals surface area contributed by atoms with Crippen LogP contribution < -0.4 is 11.3 Å². The number of hydrogen-bond donors (Lipinski definition) is 2. The number of nitrogens with two attached hydrogens (primary N) is 1. The number of ether oxygens (including phenoxy) is 2. The average molecular weight is 270 g/mol. The Kier molecular flexibility index (Phi) is 4.00. The Morgan fingerprint density at radius 2 is 1.95 bits per heavy atom. The van der Waals surface area contributed by atoms with Crippen molar-refractivity contribution in [2.75, 3.05) is 7.11 Å². The van der Waals surface area contributed by atoms with E-state index in [9.17, 15) is 0 Å². The van der Waals surface area contributed by atoms with E-state index in [1.54, 1.807) is 0 Å². The van der Waals surface area contributed by atoms with Gasteiger partial charge in [-0.1, -0.05) is 0 Å². The summed E-state index contributed by atoms with van der Waals surface area (Å²) in [5.74, 6) is 6.26. The lowest BCUT2D eigenvalue weighted by atomic mass is 9.71. The number of hydrazine groups is 1. The fraction of sp³-hybridized carbons (Fsp3) is 1.00. The summed E-state index contributed by atoms with van der Waals surface area (Å²) in [6, 6.07) is 0.247. The van der Waals surface area contributed by atoms with Crippen molar-refractivity contribution in [3.8, 4) is 0 Å². The van der Waals surface area contributed by atoms with Gasteiger partial charge in [0.25, 0.3) is 0 Å². The van der Waals surface area contributed by atoms with Gasteiger partial charge in [0.15, 0.2) is 0 Å². The topological polar surface area (TPSA) is 56.5 Å². The Balaban J connectivity index is 2.09. The molecule has 0 aromatic rings. The maximum Gasteiger partial charge on any atom is 0.0694 e. The first-order chi connectivity index (χ1) is 8.74. The van der Waals surface area contributed by atoms with Gasteiger partial charge < -0.3 is 9.47 Å². The summed E-state index contributed by atoms with van der Waals surface area (Å²) in [5.41, 5.74) is 2.87. The first-order valence-electron chi connectivity index (χ1n) is 7.45. The van der Waals surface area contributed by atoms with Gasteiger partial charge in [-0.05, 0) is 59.8 Å². The highest BCUT2D eigenvalue weighted by molar-refractivity contribution is 5.02. The number of hydrogen-bond acceptors (Lipinski definition) is 4. The highest BCUT2D eigenvalue weighted by atomic mass is 16.5. The van der Waals surface area contributed by atoms with Crippen LogP contribution in [0.4, 0.5) is 0 Å². The molecule has 2 atom stereocenters. The van der Waals surface area contributed by atoms with Gasteiger partial charge in [0.1, 0.15) is 0 Å². The molecule has 0 amide bonds. The molecule has 1 aliphatic carbocycles. The highest BCUT2D eigenvalue weighted by Gasteiger charge is 2.51. The maximum absolute atomic E-state index is 6.19. The summed E-state index contributed by atoms with van der Waals surface area (Å²) < 4.78 is 11.9. The van der Waals surface area contributed by atoms with Gasteiger partial charge in [0.2, 0.25) is 0 Å². The van der Waals surface area contributed by atoms with Crippen molar-refractivity contribution in [2.24, 2.45) is 11.8 Å². The van der Waals surface area contributed by atoms with Crippen molar-refractivity contribution in [3.05, 3.63) is 0 Å². The zero-order chi connectivity index (χ0) is 14.3. The van der Waals surface area contributed by atoms with Gasteiger partial charge in [0.05, 0.1) is 16.8 Å². The monoisotopic (exact) mass is 270 g/mol. The van der Waals surface area contributed by atoms with Crippen molar-refractivity contribution in [3.63, 3.8) is 0 Å². The van der Waals surface area contributed by atoms with Crippen LogP contribution in [0.25, 0.3) is 0 Å². The maximum atomic E-state index is 6.19. The summed E-state index contributed by atoms with van der Waals surface area (Å²) in [7, 11) is 1.83. The van der Waals surface area contributed by atoms with Crippen molar-refractivity contribution < 1.29 is 9.47 Å². The summed E-state index contributed by atoms with van der Waals surface area (Å²) in [6.07, 6.45) is 5.58. The molecule has 0 spiro atoms. The molecule has 1 saturated carbocycles. The summed E-state index contributed by atoms with van der Waals surface area (Å²) >= 11 is 0. The van der Waals surface area contributed by atoms with Crippen molar-refractivity contribution >= 4 is 0 Å². The average Bonchev–Trinajstić information content (AvgIpc) is 2.47. The molecule has 3 N–H and O–H groups in total. The Labute approximate surface area is 117 Å². The molecule has 2 unspecified atom stereocenters. The lowest BCUT2D eigenvalue weighted by Crippen LogP contribution is -2.53. The Bertz CT molecular complexity index is 319. The van der Waals surface area contributed by atoms with Gasteiger partial charge in [-0.15, -0.1) is 0 Å². The van der Waals surface area contributed by atoms with Gasteiger partial charge >= 0.3 is 0 Å². The molecule has 112 valence electrons. The minimum Gasteiger partial charge on any atom is -0.378 e. The second-order valence-corrected chi connectivity index (χ2v) is 7.49. The molecule has 0 aromatic heterocycles. The van der Waals surface area contributed by atoms with Crippen molar-refractivity contribution in [1.82, 2.24) is 5.43 Å².